The van der Waals surface area contributed by atoms with Crippen molar-refractivity contribution >= 4 is 45.0 Å². The maximum Gasteiger partial charge on any atom is 0.324 e. The summed E-state index contributed by atoms with van der Waals surface area (Å²) in [5.74, 6) is 0.0335. The van der Waals surface area contributed by atoms with Crippen molar-refractivity contribution in [3.05, 3.63) is 62.7 Å². The van der Waals surface area contributed by atoms with Gasteiger partial charge in [0.25, 0.3) is 5.69 Å². The molecule has 0 aromatic heterocycles. The zero-order valence-electron chi connectivity index (χ0n) is 17.5. The third-order valence-electron chi connectivity index (χ3n) is 4.67. The fourth-order valence-electron chi connectivity index (χ4n) is 3.07. The molecular formula is C20H21ClN2O8S2. The molecule has 33 heavy (non-hydrogen) atoms. The predicted molar refractivity (Wildman–Crippen MR) is 122 cm³/mol. The Hall–Kier alpha value is -2.38. The molecule has 0 unspecified atom stereocenters. The summed E-state index contributed by atoms with van der Waals surface area (Å²) in [7, 11) is -4.02. The predicted octanol–water partition coefficient (Wildman–Crippen LogP) is 3.26. The first-order chi connectivity index (χ1) is 15.7. The van der Waals surface area contributed by atoms with Crippen molar-refractivity contribution < 1.29 is 32.3 Å². The van der Waals surface area contributed by atoms with Crippen LogP contribution in [0.1, 0.15) is 17.5 Å². The zero-order valence-corrected chi connectivity index (χ0v) is 19.9. The van der Waals surface area contributed by atoms with E-state index in [9.17, 15) is 23.3 Å². The molecule has 0 spiro atoms. The van der Waals surface area contributed by atoms with E-state index >= 15 is 0 Å². The number of hydrogen-bond acceptors (Lipinski definition) is 9. The Morgan fingerprint density at radius 1 is 1.33 bits per heavy atom. The third-order valence-corrected chi connectivity index (χ3v) is 7.05. The number of nitrogens with zero attached hydrogens (tertiary/aromatic N) is 1. The number of sulfonamides is 1. The Morgan fingerprint density at radius 3 is 2.73 bits per heavy atom. The number of benzene rings is 2. The van der Waals surface area contributed by atoms with Crippen LogP contribution in [0, 0.1) is 10.1 Å². The van der Waals surface area contributed by atoms with E-state index in [1.54, 1.807) is 0 Å². The summed E-state index contributed by atoms with van der Waals surface area (Å²) in [6.07, 6.45) is 2.01. The van der Waals surface area contributed by atoms with Crippen LogP contribution in [0.25, 0.3) is 0 Å². The van der Waals surface area contributed by atoms with E-state index in [-0.39, 0.29) is 37.0 Å². The van der Waals surface area contributed by atoms with Crippen molar-refractivity contribution in [1.82, 2.24) is 4.72 Å². The highest BCUT2D eigenvalue weighted by Crippen LogP contribution is 2.33. The molecule has 0 radical (unpaired) electrons. The van der Waals surface area contributed by atoms with Crippen LogP contribution in [0.15, 0.2) is 41.3 Å². The molecule has 178 valence electrons. The van der Waals surface area contributed by atoms with Gasteiger partial charge >= 0.3 is 5.97 Å². The monoisotopic (exact) mass is 516 g/mol. The number of thioether (sulfide) groups is 1. The molecule has 10 nitrogen and oxygen atoms in total. The zero-order chi connectivity index (χ0) is 24.0. The number of rotatable bonds is 10. The van der Waals surface area contributed by atoms with Crippen molar-refractivity contribution in [3.8, 4) is 5.75 Å². The molecule has 0 saturated carbocycles. The highest BCUT2D eigenvalue weighted by atomic mass is 35.5. The lowest BCUT2D eigenvalue weighted by Crippen LogP contribution is -2.42. The van der Waals surface area contributed by atoms with Gasteiger partial charge in [0.2, 0.25) is 10.0 Å². The molecule has 2 aromatic rings. The van der Waals surface area contributed by atoms with Crippen LogP contribution in [-0.2, 0) is 37.5 Å². The van der Waals surface area contributed by atoms with Gasteiger partial charge in [0.1, 0.15) is 18.4 Å². The van der Waals surface area contributed by atoms with Crippen LogP contribution < -0.4 is 9.46 Å². The van der Waals surface area contributed by atoms with E-state index < -0.39 is 27.0 Å². The number of fused-ring (bicyclic) bond motifs is 1. The van der Waals surface area contributed by atoms with E-state index in [0.717, 1.165) is 0 Å². The van der Waals surface area contributed by atoms with E-state index in [4.69, 9.17) is 25.8 Å². The van der Waals surface area contributed by atoms with Gasteiger partial charge in [-0.1, -0.05) is 11.6 Å². The molecule has 0 fully saturated rings. The highest BCUT2D eigenvalue weighted by molar-refractivity contribution is 7.98. The number of esters is 1. The first kappa shape index (κ1) is 25.2. The number of non-ortho nitro benzene ring substituents is 1. The van der Waals surface area contributed by atoms with Crippen LogP contribution in [-0.4, -0.2) is 44.2 Å². The van der Waals surface area contributed by atoms with Gasteiger partial charge in [0.05, 0.1) is 16.4 Å². The van der Waals surface area contributed by atoms with Gasteiger partial charge in [0.15, 0.2) is 6.79 Å². The molecule has 1 atom stereocenters. The van der Waals surface area contributed by atoms with Crippen molar-refractivity contribution in [1.29, 1.82) is 0 Å². The van der Waals surface area contributed by atoms with Gasteiger partial charge in [-0.05, 0) is 42.7 Å². The Kier molecular flexibility index (Phi) is 8.54. The molecule has 0 bridgehead atoms. The van der Waals surface area contributed by atoms with Crippen molar-refractivity contribution in [2.24, 2.45) is 0 Å². The minimum absolute atomic E-state index is 0.0387. The van der Waals surface area contributed by atoms with Crippen molar-refractivity contribution in [2.75, 3.05) is 18.8 Å². The molecule has 0 amide bonds. The number of carbonyl (C=O) groups excluding carboxylic acids is 1. The Bertz CT molecular complexity index is 1130. The second-order valence-corrected chi connectivity index (χ2v) is 10.1. The quantitative estimate of drug-likeness (QED) is 0.287. The topological polar surface area (TPSA) is 134 Å². The molecule has 1 aliphatic heterocycles. The molecule has 1 aliphatic rings. The number of nitrogens with one attached hydrogen (secondary N) is 1. The summed E-state index contributed by atoms with van der Waals surface area (Å²) in [6, 6.07) is 6.96. The average Bonchev–Trinajstić information content (AvgIpc) is 2.79. The Labute approximate surface area is 199 Å². The smallest absolute Gasteiger partial charge is 0.324 e. The highest BCUT2D eigenvalue weighted by Gasteiger charge is 2.28. The second kappa shape index (κ2) is 11.2. The lowest BCUT2D eigenvalue weighted by Gasteiger charge is -2.21. The van der Waals surface area contributed by atoms with E-state index in [1.165, 1.54) is 48.2 Å². The van der Waals surface area contributed by atoms with Gasteiger partial charge in [-0.15, -0.1) is 0 Å². The molecule has 2 aromatic carbocycles. The number of halogens is 1. The van der Waals surface area contributed by atoms with Crippen LogP contribution >= 0.6 is 23.4 Å². The van der Waals surface area contributed by atoms with Crippen molar-refractivity contribution in [3.63, 3.8) is 0 Å². The minimum atomic E-state index is -4.02. The molecule has 13 heteroatoms. The number of ether oxygens (including phenoxy) is 3. The van der Waals surface area contributed by atoms with Crippen LogP contribution in [0.5, 0.6) is 5.75 Å². The largest absolute Gasteiger partial charge is 0.467 e. The average molecular weight is 517 g/mol. The van der Waals surface area contributed by atoms with Gasteiger partial charge in [0, 0.05) is 28.3 Å². The molecule has 3 rings (SSSR count). The summed E-state index contributed by atoms with van der Waals surface area (Å²) in [5.41, 5.74) is 0.556. The maximum absolute atomic E-state index is 12.8. The standard InChI is InChI=1S/C20H21ClN2O8S2/c1-32-7-6-18(22-33(27,28)17-4-2-15(21)3-5-17)20(24)30-11-14-9-16(23(25)26)8-13-10-29-12-31-19(13)14/h2-5,8-9,18,22H,6-7,10-12H2,1H3/t18-/m0/s1. The van der Waals surface area contributed by atoms with E-state index in [0.29, 0.717) is 27.7 Å². The van der Waals surface area contributed by atoms with Gasteiger partial charge in [-0.3, -0.25) is 14.9 Å². The van der Waals surface area contributed by atoms with Crippen LogP contribution in [0.4, 0.5) is 5.69 Å². The molecule has 0 saturated heterocycles. The number of nitro groups is 1. The van der Waals surface area contributed by atoms with Gasteiger partial charge < -0.3 is 14.2 Å². The third kappa shape index (κ3) is 6.58. The van der Waals surface area contributed by atoms with E-state index in [1.807, 2.05) is 6.26 Å². The van der Waals surface area contributed by atoms with Crippen LogP contribution in [0.2, 0.25) is 5.02 Å². The fraction of sp³-hybridized carbons (Fsp3) is 0.350. The number of hydrogen-bond donors (Lipinski definition) is 1. The summed E-state index contributed by atoms with van der Waals surface area (Å²) in [4.78, 5) is 23.4. The number of carbonyl (C=O) groups is 1. The van der Waals surface area contributed by atoms with E-state index in [2.05, 4.69) is 4.72 Å². The fourth-order valence-corrected chi connectivity index (χ4v) is 4.89. The Morgan fingerprint density at radius 2 is 2.06 bits per heavy atom. The van der Waals surface area contributed by atoms with Gasteiger partial charge in [-0.2, -0.15) is 16.5 Å². The molecule has 1 heterocycles. The molecule has 0 aliphatic carbocycles. The lowest BCUT2D eigenvalue weighted by atomic mass is 10.1. The Balaban J connectivity index is 1.77. The second-order valence-electron chi connectivity index (χ2n) is 6.98. The summed E-state index contributed by atoms with van der Waals surface area (Å²) < 4.78 is 43.8. The first-order valence-electron chi connectivity index (χ1n) is 9.65. The maximum atomic E-state index is 12.8. The normalized spacial score (nSPS) is 14.1. The first-order valence-corrected chi connectivity index (χ1v) is 12.9. The lowest BCUT2D eigenvalue weighted by molar-refractivity contribution is -0.385. The summed E-state index contributed by atoms with van der Waals surface area (Å²) in [6.45, 7) is -0.251. The molecular weight excluding hydrogens is 496 g/mol. The minimum Gasteiger partial charge on any atom is -0.467 e. The summed E-state index contributed by atoms with van der Waals surface area (Å²) >= 11 is 7.26. The molecule has 1 N–H and O–H groups in total. The SMILES string of the molecule is CSCC[C@H](NS(=O)(=O)c1ccc(Cl)cc1)C(=O)OCc1cc([N+](=O)[O-])cc2c1OCOC2. The number of nitro benzene ring substituents is 1. The van der Waals surface area contributed by atoms with Crippen LogP contribution in [0.3, 0.4) is 0 Å². The van der Waals surface area contributed by atoms with Crippen molar-refractivity contribution in [2.45, 2.75) is 30.6 Å². The summed E-state index contributed by atoms with van der Waals surface area (Å²) in [5, 5.41) is 11.6. The van der Waals surface area contributed by atoms with Gasteiger partial charge in [-0.25, -0.2) is 8.42 Å².